The Morgan fingerprint density at radius 3 is 1.38 bits per heavy atom. The molecule has 12 heteroatoms. The van der Waals surface area contributed by atoms with Gasteiger partial charge < -0.3 is 39.1 Å². The summed E-state index contributed by atoms with van der Waals surface area (Å²) in [5.74, 6) is 2.20. The van der Waals surface area contributed by atoms with Gasteiger partial charge >= 0.3 is 8.25 Å². The van der Waals surface area contributed by atoms with E-state index < -0.39 is 8.25 Å². The van der Waals surface area contributed by atoms with Crippen LogP contribution in [0.15, 0.2) is 118 Å². The Labute approximate surface area is 391 Å². The van der Waals surface area contributed by atoms with Crippen molar-refractivity contribution in [2.45, 2.75) is 92.2 Å². The van der Waals surface area contributed by atoms with E-state index in [0.717, 1.165) is 119 Å². The molecule has 0 radical (unpaired) electrons. The van der Waals surface area contributed by atoms with Gasteiger partial charge in [0.25, 0.3) is 0 Å². The van der Waals surface area contributed by atoms with Gasteiger partial charge in [0.2, 0.25) is 0 Å². The lowest BCUT2D eigenvalue weighted by atomic mass is 9.99. The molecule has 0 saturated heterocycles. The third kappa shape index (κ3) is 16.7. The molecule has 66 heavy (non-hydrogen) atoms. The number of nitrogens with one attached hydrogen (secondary N) is 4. The number of benzene rings is 4. The van der Waals surface area contributed by atoms with Gasteiger partial charge in [0.1, 0.15) is 23.2 Å². The molecule has 9 nitrogen and oxygen atoms in total. The van der Waals surface area contributed by atoms with Crippen molar-refractivity contribution < 1.29 is 31.2 Å². The van der Waals surface area contributed by atoms with Crippen LogP contribution in [0.4, 0.5) is 20.2 Å². The van der Waals surface area contributed by atoms with Crippen LogP contribution in [-0.2, 0) is 52.4 Å². The summed E-state index contributed by atoms with van der Waals surface area (Å²) in [5, 5.41) is 14.0. The fourth-order valence-electron chi connectivity index (χ4n) is 7.93. The van der Waals surface area contributed by atoms with Crippen LogP contribution in [0.25, 0.3) is 22.6 Å². The largest absolute Gasteiger partial charge is 0.464 e. The number of hydrogen-bond acceptors (Lipinski definition) is 9. The molecule has 0 bridgehead atoms. The van der Waals surface area contributed by atoms with Gasteiger partial charge in [-0.15, -0.1) is 0 Å². The van der Waals surface area contributed by atoms with Crippen LogP contribution in [-0.4, -0.2) is 39.4 Å². The lowest BCUT2D eigenvalue weighted by Crippen LogP contribution is -2.16. The molecule has 0 spiro atoms. The first-order valence-electron chi connectivity index (χ1n) is 23.7. The zero-order valence-corrected chi connectivity index (χ0v) is 40.2. The van der Waals surface area contributed by atoms with Gasteiger partial charge in [-0.05, 0) is 170 Å². The number of halogens is 2. The average Bonchev–Trinajstić information content (AvgIpc) is 4.05. The van der Waals surface area contributed by atoms with Crippen molar-refractivity contribution in [2.75, 3.05) is 50.0 Å². The van der Waals surface area contributed by atoms with Crippen LogP contribution in [0, 0.1) is 23.5 Å². The predicted molar refractivity (Wildman–Crippen MR) is 265 cm³/mol. The van der Waals surface area contributed by atoms with E-state index in [1.165, 1.54) is 0 Å². The molecule has 0 aliphatic carbocycles. The van der Waals surface area contributed by atoms with Crippen LogP contribution in [0.3, 0.4) is 0 Å². The fourth-order valence-corrected chi connectivity index (χ4v) is 8.63. The minimum absolute atomic E-state index is 0.110. The van der Waals surface area contributed by atoms with Crippen LogP contribution in [0.2, 0.25) is 0 Å². The summed E-state index contributed by atoms with van der Waals surface area (Å²) in [7, 11) is -2.58. The smallest absolute Gasteiger partial charge is 0.319 e. The molecule has 6 rings (SSSR count). The van der Waals surface area contributed by atoms with E-state index in [1.807, 2.05) is 48.5 Å². The highest BCUT2D eigenvalue weighted by Crippen LogP contribution is 2.32. The molecule has 354 valence electrons. The molecule has 0 saturated carbocycles. The first-order chi connectivity index (χ1) is 32.1. The Bertz CT molecular complexity index is 2210. The Balaban J connectivity index is 0.831. The summed E-state index contributed by atoms with van der Waals surface area (Å²) in [6, 6.07) is 31.6. The Kier molecular flexibility index (Phi) is 20.6. The van der Waals surface area contributed by atoms with E-state index in [-0.39, 0.29) is 11.6 Å². The maximum atomic E-state index is 14.6. The van der Waals surface area contributed by atoms with Gasteiger partial charge in [-0.2, -0.15) is 0 Å². The molecule has 0 amide bonds. The molecule has 4 N–H and O–H groups in total. The van der Waals surface area contributed by atoms with Crippen LogP contribution in [0.5, 0.6) is 0 Å². The van der Waals surface area contributed by atoms with Crippen molar-refractivity contribution in [3.05, 3.63) is 155 Å². The molecule has 4 aromatic carbocycles. The van der Waals surface area contributed by atoms with E-state index in [1.54, 1.807) is 24.7 Å². The normalized spacial score (nSPS) is 11.7. The van der Waals surface area contributed by atoms with E-state index in [2.05, 4.69) is 85.4 Å². The first kappa shape index (κ1) is 50.4. The van der Waals surface area contributed by atoms with E-state index >= 15 is 0 Å². The maximum absolute atomic E-state index is 14.6. The molecule has 0 atom stereocenters. The molecule has 2 aromatic heterocycles. The van der Waals surface area contributed by atoms with Gasteiger partial charge in [-0.1, -0.05) is 64.1 Å². The number of anilines is 2. The van der Waals surface area contributed by atoms with Gasteiger partial charge in [0.15, 0.2) is 0 Å². The molecule has 0 aliphatic rings. The zero-order chi connectivity index (χ0) is 46.5. The molecule has 2 heterocycles. The molecular weight excluding hydrogens is 854 g/mol. The van der Waals surface area contributed by atoms with Gasteiger partial charge in [-0.3, -0.25) is 4.57 Å². The number of rotatable bonds is 30. The van der Waals surface area contributed by atoms with Crippen LogP contribution in [0.1, 0.15) is 86.8 Å². The molecule has 0 unspecified atom stereocenters. The average molecular weight is 923 g/mol. The van der Waals surface area contributed by atoms with E-state index in [4.69, 9.17) is 17.9 Å². The van der Waals surface area contributed by atoms with Crippen molar-refractivity contribution in [1.82, 2.24) is 10.6 Å². The second kappa shape index (κ2) is 26.9. The number of aryl methyl sites for hydroxylation is 2. The molecule has 6 aromatic rings. The van der Waals surface area contributed by atoms with Gasteiger partial charge in [0.05, 0.1) is 25.7 Å². The highest BCUT2D eigenvalue weighted by Gasteiger charge is 2.13. The molecular formula is C54H69F2N4O5P. The Morgan fingerprint density at radius 1 is 0.545 bits per heavy atom. The van der Waals surface area contributed by atoms with Crippen LogP contribution < -0.4 is 21.3 Å². The SMILES string of the molecule is CC(C)Cc1ccc(CCCNc2ccc(CNCCCO[PH](=O)OCCCNCc3ccc(NCCCc4ccc(CC(C)C)c(F)c4)c(-c4ccco4)c3)cc2-c2ccco2)cc1F. The summed E-state index contributed by atoms with van der Waals surface area (Å²) in [4.78, 5) is 0. The van der Waals surface area contributed by atoms with Crippen molar-refractivity contribution in [2.24, 2.45) is 11.8 Å². The Morgan fingerprint density at radius 2 is 0.985 bits per heavy atom. The van der Waals surface area contributed by atoms with E-state index in [0.29, 0.717) is 64.1 Å². The lowest BCUT2D eigenvalue weighted by molar-refractivity contribution is 0.220. The number of hydrogen-bond donors (Lipinski definition) is 4. The highest BCUT2D eigenvalue weighted by atomic mass is 31.1. The summed E-state index contributed by atoms with van der Waals surface area (Å²) < 4.78 is 64.1. The topological polar surface area (TPSA) is 110 Å². The number of furan rings is 2. The van der Waals surface area contributed by atoms with Crippen LogP contribution >= 0.6 is 8.25 Å². The van der Waals surface area contributed by atoms with Crippen molar-refractivity contribution >= 4 is 19.6 Å². The maximum Gasteiger partial charge on any atom is 0.319 e. The molecule has 0 fully saturated rings. The summed E-state index contributed by atoms with van der Waals surface area (Å²) in [6.07, 6.45) is 9.56. The fraction of sp³-hybridized carbons (Fsp3) is 0.407. The lowest BCUT2D eigenvalue weighted by Gasteiger charge is -2.14. The summed E-state index contributed by atoms with van der Waals surface area (Å²) in [5.41, 5.74) is 9.77. The van der Waals surface area contributed by atoms with Gasteiger partial charge in [-0.25, -0.2) is 8.78 Å². The quantitative estimate of drug-likeness (QED) is 0.0259. The Hall–Kier alpha value is -5.03. The van der Waals surface area contributed by atoms with Crippen molar-refractivity contribution in [3.63, 3.8) is 0 Å². The first-order valence-corrected chi connectivity index (χ1v) is 24.9. The van der Waals surface area contributed by atoms with Crippen molar-refractivity contribution in [1.29, 1.82) is 0 Å². The van der Waals surface area contributed by atoms with Crippen molar-refractivity contribution in [3.8, 4) is 22.6 Å². The highest BCUT2D eigenvalue weighted by molar-refractivity contribution is 7.33. The third-order valence-corrected chi connectivity index (χ3v) is 12.1. The summed E-state index contributed by atoms with van der Waals surface area (Å²) >= 11 is 0. The molecule has 0 aliphatic heterocycles. The van der Waals surface area contributed by atoms with Gasteiger partial charge in [0, 0.05) is 48.7 Å². The minimum atomic E-state index is -2.58. The second-order valence-corrected chi connectivity index (χ2v) is 18.9. The monoisotopic (exact) mass is 922 g/mol. The zero-order valence-electron chi connectivity index (χ0n) is 39.2. The minimum Gasteiger partial charge on any atom is -0.464 e. The third-order valence-electron chi connectivity index (χ3n) is 11.2. The van der Waals surface area contributed by atoms with E-state index in [9.17, 15) is 13.3 Å². The summed E-state index contributed by atoms with van der Waals surface area (Å²) in [6.45, 7) is 13.3. The standard InChI is InChI=1S/C54H69F2N4O5P/c1-39(2)31-45-19-15-41(35-49(45)55)11-5-25-59-51-21-17-43(33-47(51)53-13-7-27-62-53)37-57-23-9-29-64-66(61)65-30-10-24-58-38-44-18-22-52(48(34-44)54-14-8-28-63-54)60-26-6-12-42-16-20-46(32-40(3)4)50(56)36-42/h7-8,13-22,27-28,33-36,39-40,57-60,66H,5-6,9-12,23-26,29-32,37-38H2,1-4H3. The predicted octanol–water partition coefficient (Wildman–Crippen LogP) is 13.1. The second-order valence-electron chi connectivity index (χ2n) is 17.8.